The van der Waals surface area contributed by atoms with Crippen molar-refractivity contribution >= 4 is 5.69 Å². The first-order valence-corrected chi connectivity index (χ1v) is 5.54. The van der Waals surface area contributed by atoms with E-state index in [0.717, 1.165) is 29.4 Å². The Bertz CT molecular complexity index is 499. The fraction of sp³-hybridized carbons (Fsp3) is 0.333. The molecule has 1 aliphatic carbocycles. The van der Waals surface area contributed by atoms with E-state index < -0.39 is 0 Å². The van der Waals surface area contributed by atoms with Crippen LogP contribution in [0.4, 0.5) is 5.69 Å². The Morgan fingerprint density at radius 1 is 1.31 bits per heavy atom. The molecule has 1 aliphatic rings. The molecule has 1 fully saturated rings. The number of nitrogens with two attached hydrogens (primary N) is 1. The van der Waals surface area contributed by atoms with Crippen molar-refractivity contribution in [2.24, 2.45) is 5.92 Å². The number of anilines is 1. The van der Waals surface area contributed by atoms with Gasteiger partial charge in [-0.25, -0.2) is 4.98 Å². The van der Waals surface area contributed by atoms with Crippen LogP contribution in [0.2, 0.25) is 0 Å². The summed E-state index contributed by atoms with van der Waals surface area (Å²) in [5, 5.41) is 0. The molecule has 0 atom stereocenters. The Labute approximate surface area is 94.1 Å². The van der Waals surface area contributed by atoms with Crippen molar-refractivity contribution in [1.29, 1.82) is 0 Å². The Hall–Kier alpha value is -1.84. The minimum atomic E-state index is 0.757. The van der Waals surface area contributed by atoms with E-state index in [2.05, 4.69) is 14.5 Å². The molecule has 0 aromatic carbocycles. The molecule has 0 bridgehead atoms. The van der Waals surface area contributed by atoms with Crippen LogP contribution >= 0.6 is 0 Å². The Kier molecular flexibility index (Phi) is 2.13. The first kappa shape index (κ1) is 9.39. The highest BCUT2D eigenvalue weighted by Gasteiger charge is 2.23. The highest BCUT2D eigenvalue weighted by Crippen LogP contribution is 2.33. The summed E-state index contributed by atoms with van der Waals surface area (Å²) in [6, 6.07) is 1.82. The number of nitrogens with zero attached hydrogens (tertiary/aromatic N) is 3. The minimum Gasteiger partial charge on any atom is -0.398 e. The molecule has 0 spiro atoms. The molecular weight excluding hydrogens is 200 g/mol. The standard InChI is InChI=1S/C12H14N4/c13-11-3-4-14-5-10(11)12-6-15-8-16(12)7-9-1-2-9/h3-6,8-9H,1-2,7H2,(H2,13,14). The number of hydrogen-bond acceptors (Lipinski definition) is 3. The van der Waals surface area contributed by atoms with Gasteiger partial charge < -0.3 is 10.3 Å². The summed E-state index contributed by atoms with van der Waals surface area (Å²) in [6.07, 6.45) is 9.91. The van der Waals surface area contributed by atoms with Gasteiger partial charge in [0.1, 0.15) is 0 Å². The second-order valence-electron chi connectivity index (χ2n) is 4.34. The van der Waals surface area contributed by atoms with Gasteiger partial charge >= 0.3 is 0 Å². The van der Waals surface area contributed by atoms with Crippen LogP contribution in [0, 0.1) is 5.92 Å². The lowest BCUT2D eigenvalue weighted by Gasteiger charge is -2.08. The van der Waals surface area contributed by atoms with Gasteiger partial charge in [-0.3, -0.25) is 4.98 Å². The van der Waals surface area contributed by atoms with Crippen molar-refractivity contribution in [3.05, 3.63) is 31.0 Å². The average Bonchev–Trinajstić information content (AvgIpc) is 2.97. The van der Waals surface area contributed by atoms with Crippen LogP contribution in [0.15, 0.2) is 31.0 Å². The van der Waals surface area contributed by atoms with Gasteiger partial charge in [-0.15, -0.1) is 0 Å². The smallest absolute Gasteiger partial charge is 0.0951 e. The highest BCUT2D eigenvalue weighted by atomic mass is 15.1. The summed E-state index contributed by atoms with van der Waals surface area (Å²) in [4.78, 5) is 8.32. The molecule has 2 aromatic rings. The van der Waals surface area contributed by atoms with Crippen molar-refractivity contribution < 1.29 is 0 Å². The third-order valence-corrected chi connectivity index (χ3v) is 2.99. The average molecular weight is 214 g/mol. The van der Waals surface area contributed by atoms with Crippen LogP contribution in [-0.4, -0.2) is 14.5 Å². The molecule has 4 heteroatoms. The van der Waals surface area contributed by atoms with E-state index in [1.165, 1.54) is 12.8 Å². The van der Waals surface area contributed by atoms with E-state index in [9.17, 15) is 0 Å². The molecule has 0 saturated heterocycles. The zero-order valence-corrected chi connectivity index (χ0v) is 9.00. The molecule has 0 amide bonds. The summed E-state index contributed by atoms with van der Waals surface area (Å²) < 4.78 is 2.17. The van der Waals surface area contributed by atoms with E-state index in [0.29, 0.717) is 0 Å². The number of hydrogen-bond donors (Lipinski definition) is 1. The zero-order valence-electron chi connectivity index (χ0n) is 9.00. The van der Waals surface area contributed by atoms with Crippen LogP contribution in [-0.2, 0) is 6.54 Å². The highest BCUT2D eigenvalue weighted by molar-refractivity contribution is 5.72. The molecule has 16 heavy (non-hydrogen) atoms. The quantitative estimate of drug-likeness (QED) is 0.849. The van der Waals surface area contributed by atoms with Crippen LogP contribution in [0.1, 0.15) is 12.8 Å². The Morgan fingerprint density at radius 2 is 2.19 bits per heavy atom. The second-order valence-corrected chi connectivity index (χ2v) is 4.34. The SMILES string of the molecule is Nc1ccncc1-c1cncn1CC1CC1. The number of imidazole rings is 1. The van der Waals surface area contributed by atoms with Crippen LogP contribution < -0.4 is 5.73 Å². The van der Waals surface area contributed by atoms with E-state index in [4.69, 9.17) is 5.73 Å². The maximum absolute atomic E-state index is 5.95. The van der Waals surface area contributed by atoms with Gasteiger partial charge in [-0.1, -0.05) is 0 Å². The maximum Gasteiger partial charge on any atom is 0.0951 e. The lowest BCUT2D eigenvalue weighted by Crippen LogP contribution is -2.02. The van der Waals surface area contributed by atoms with Gasteiger partial charge in [0, 0.05) is 30.2 Å². The first-order chi connectivity index (χ1) is 7.84. The fourth-order valence-corrected chi connectivity index (χ4v) is 1.89. The van der Waals surface area contributed by atoms with Gasteiger partial charge in [-0.05, 0) is 24.8 Å². The number of pyridine rings is 1. The Balaban J connectivity index is 1.99. The topological polar surface area (TPSA) is 56.7 Å². The summed E-state index contributed by atoms with van der Waals surface area (Å²) >= 11 is 0. The molecule has 0 unspecified atom stereocenters. The summed E-state index contributed by atoms with van der Waals surface area (Å²) in [7, 11) is 0. The molecule has 0 aliphatic heterocycles. The third kappa shape index (κ3) is 1.66. The summed E-state index contributed by atoms with van der Waals surface area (Å²) in [5.41, 5.74) is 8.74. The largest absolute Gasteiger partial charge is 0.398 e. The lowest BCUT2D eigenvalue weighted by molar-refractivity contribution is 0.631. The molecule has 0 radical (unpaired) electrons. The lowest BCUT2D eigenvalue weighted by atomic mass is 10.2. The Morgan fingerprint density at radius 3 is 2.94 bits per heavy atom. The molecule has 82 valence electrons. The second kappa shape index (κ2) is 3.63. The van der Waals surface area contributed by atoms with Crippen molar-refractivity contribution in [2.75, 3.05) is 5.73 Å². The molecule has 4 nitrogen and oxygen atoms in total. The monoisotopic (exact) mass is 214 g/mol. The predicted molar refractivity (Wildman–Crippen MR) is 62.6 cm³/mol. The van der Waals surface area contributed by atoms with Crippen molar-refractivity contribution in [3.63, 3.8) is 0 Å². The van der Waals surface area contributed by atoms with E-state index in [1.54, 1.807) is 12.4 Å². The number of aromatic nitrogens is 3. The summed E-state index contributed by atoms with van der Waals surface area (Å²) in [6.45, 7) is 1.05. The normalized spacial score (nSPS) is 15.2. The predicted octanol–water partition coefficient (Wildman–Crippen LogP) is 1.94. The van der Waals surface area contributed by atoms with E-state index in [-0.39, 0.29) is 0 Å². The minimum absolute atomic E-state index is 0.757. The summed E-state index contributed by atoms with van der Waals surface area (Å²) in [5.74, 6) is 0.825. The van der Waals surface area contributed by atoms with Gasteiger partial charge in [-0.2, -0.15) is 0 Å². The van der Waals surface area contributed by atoms with Gasteiger partial charge in [0.25, 0.3) is 0 Å². The van der Waals surface area contributed by atoms with E-state index >= 15 is 0 Å². The van der Waals surface area contributed by atoms with Gasteiger partial charge in [0.15, 0.2) is 0 Å². The van der Waals surface area contributed by atoms with Crippen molar-refractivity contribution in [2.45, 2.75) is 19.4 Å². The van der Waals surface area contributed by atoms with Gasteiger partial charge in [0.2, 0.25) is 0 Å². The van der Waals surface area contributed by atoms with Gasteiger partial charge in [0.05, 0.1) is 18.2 Å². The number of nitrogen functional groups attached to an aromatic ring is 1. The zero-order chi connectivity index (χ0) is 11.0. The van der Waals surface area contributed by atoms with Crippen LogP contribution in [0.5, 0.6) is 0 Å². The maximum atomic E-state index is 5.95. The first-order valence-electron chi connectivity index (χ1n) is 5.54. The molecule has 2 N–H and O–H groups in total. The molecule has 3 rings (SSSR count). The molecule has 2 heterocycles. The van der Waals surface area contributed by atoms with Crippen LogP contribution in [0.3, 0.4) is 0 Å². The van der Waals surface area contributed by atoms with Crippen LogP contribution in [0.25, 0.3) is 11.3 Å². The third-order valence-electron chi connectivity index (χ3n) is 2.99. The fourth-order valence-electron chi connectivity index (χ4n) is 1.89. The van der Waals surface area contributed by atoms with E-state index in [1.807, 2.05) is 18.6 Å². The molecular formula is C12H14N4. The molecule has 1 saturated carbocycles. The number of rotatable bonds is 3. The molecule has 2 aromatic heterocycles. The van der Waals surface area contributed by atoms with Crippen molar-refractivity contribution in [1.82, 2.24) is 14.5 Å². The van der Waals surface area contributed by atoms with Crippen molar-refractivity contribution in [3.8, 4) is 11.3 Å².